The molecule has 2 saturated carbocycles. The van der Waals surface area contributed by atoms with Gasteiger partial charge in [0.1, 0.15) is 24.1 Å². The Morgan fingerprint density at radius 1 is 1.00 bits per heavy atom. The summed E-state index contributed by atoms with van der Waals surface area (Å²) >= 11 is 0. The Labute approximate surface area is 233 Å². The highest BCUT2D eigenvalue weighted by molar-refractivity contribution is 6.74. The molecule has 0 spiro atoms. The van der Waals surface area contributed by atoms with Gasteiger partial charge in [-0.3, -0.25) is 4.79 Å². The van der Waals surface area contributed by atoms with Crippen LogP contribution in [0.25, 0.3) is 0 Å². The fourth-order valence-electron chi connectivity index (χ4n) is 4.91. The van der Waals surface area contributed by atoms with E-state index < -0.39 is 22.2 Å². The number of carbonyl (C=O) groups is 1. The van der Waals surface area contributed by atoms with Gasteiger partial charge in [0, 0.05) is 19.4 Å². The van der Waals surface area contributed by atoms with E-state index in [1.165, 1.54) is 0 Å². The fraction of sp³-hybridized carbons (Fsp3) is 0.710. The average molecular weight is 559 g/mol. The molecule has 1 aromatic carbocycles. The van der Waals surface area contributed by atoms with Crippen LogP contribution in [0, 0.1) is 23.7 Å². The Bertz CT molecular complexity index is 1030. The van der Waals surface area contributed by atoms with Crippen LogP contribution in [-0.2, 0) is 18.4 Å². The first kappa shape index (κ1) is 31.1. The Balaban J connectivity index is 1.94. The van der Waals surface area contributed by atoms with Crippen molar-refractivity contribution >= 4 is 22.4 Å². The van der Waals surface area contributed by atoms with E-state index >= 15 is 0 Å². The third-order valence-corrected chi connectivity index (χ3v) is 18.5. The molecule has 0 aliphatic heterocycles. The van der Waals surface area contributed by atoms with Crippen LogP contribution in [0.3, 0.4) is 0 Å². The lowest BCUT2D eigenvalue weighted by molar-refractivity contribution is -0.189. The molecule has 2 aliphatic carbocycles. The van der Waals surface area contributed by atoms with E-state index in [0.29, 0.717) is 19.4 Å². The van der Waals surface area contributed by atoms with E-state index in [4.69, 9.17) is 18.3 Å². The van der Waals surface area contributed by atoms with Crippen molar-refractivity contribution in [3.05, 3.63) is 30.3 Å². The summed E-state index contributed by atoms with van der Waals surface area (Å²) in [4.78, 5) is 12.8. The van der Waals surface area contributed by atoms with Crippen LogP contribution in [0.15, 0.2) is 30.3 Å². The van der Waals surface area contributed by atoms with Gasteiger partial charge in [-0.15, -0.1) is 0 Å². The number of Topliss-reactive ketones (excluding diaryl/α,β-unsaturated/α-hetero) is 1. The van der Waals surface area contributed by atoms with E-state index in [-0.39, 0.29) is 39.9 Å². The van der Waals surface area contributed by atoms with E-state index in [9.17, 15) is 4.79 Å². The minimum Gasteiger partial charge on any atom is -0.490 e. The number of hydrogen-bond donors (Lipinski definition) is 0. The monoisotopic (exact) mass is 558 g/mol. The highest BCUT2D eigenvalue weighted by atomic mass is 28.4. The number of methoxy groups -OCH3 is 1. The molecule has 0 radical (unpaired) electrons. The third-order valence-electron chi connectivity index (χ3n) is 9.53. The molecule has 3 rings (SSSR count). The maximum absolute atomic E-state index is 12.8. The molecular weight excluding hydrogens is 509 g/mol. The molecule has 5 nitrogen and oxygen atoms in total. The van der Waals surface area contributed by atoms with Crippen molar-refractivity contribution < 1.29 is 23.1 Å². The molecule has 0 bridgehead atoms. The summed E-state index contributed by atoms with van der Waals surface area (Å²) in [5.41, 5.74) is -0.719. The van der Waals surface area contributed by atoms with Crippen LogP contribution < -0.4 is 4.74 Å². The van der Waals surface area contributed by atoms with Gasteiger partial charge in [0.2, 0.25) is 0 Å². The van der Waals surface area contributed by atoms with Gasteiger partial charge in [-0.05, 0) is 61.2 Å². The number of benzene rings is 1. The summed E-state index contributed by atoms with van der Waals surface area (Å²) in [6, 6.07) is 9.81. The predicted molar refractivity (Wildman–Crippen MR) is 159 cm³/mol. The summed E-state index contributed by atoms with van der Waals surface area (Å²) < 4.78 is 25.7. The van der Waals surface area contributed by atoms with E-state index in [1.807, 2.05) is 30.3 Å². The van der Waals surface area contributed by atoms with Crippen molar-refractivity contribution in [1.29, 1.82) is 0 Å². The molecule has 0 N–H and O–H groups in total. The van der Waals surface area contributed by atoms with Crippen LogP contribution in [0.5, 0.6) is 5.75 Å². The fourth-order valence-corrected chi connectivity index (χ4v) is 7.48. The molecule has 0 aromatic heterocycles. The quantitative estimate of drug-likeness (QED) is 0.249. The minimum atomic E-state index is -2.11. The van der Waals surface area contributed by atoms with E-state index in [1.54, 1.807) is 7.11 Å². The van der Waals surface area contributed by atoms with Crippen molar-refractivity contribution in [2.45, 2.75) is 115 Å². The van der Waals surface area contributed by atoms with E-state index in [2.05, 4.69) is 79.6 Å². The lowest BCUT2D eigenvalue weighted by atomic mass is 9.55. The highest BCUT2D eigenvalue weighted by Crippen LogP contribution is 2.53. The highest BCUT2D eigenvalue weighted by Gasteiger charge is 2.62. The molecule has 2 fully saturated rings. The maximum atomic E-state index is 12.8. The Morgan fingerprint density at radius 2 is 1.61 bits per heavy atom. The number of para-hydroxylation sites is 1. The van der Waals surface area contributed by atoms with Crippen molar-refractivity contribution in [1.82, 2.24) is 0 Å². The van der Waals surface area contributed by atoms with Crippen LogP contribution in [0.1, 0.15) is 60.8 Å². The smallest absolute Gasteiger partial charge is 0.193 e. The number of carbonyl (C=O) groups excluding carboxylic acids is 1. The van der Waals surface area contributed by atoms with Crippen molar-refractivity contribution in [3.8, 4) is 17.6 Å². The molecule has 212 valence electrons. The summed E-state index contributed by atoms with van der Waals surface area (Å²) in [5, 5.41) is 0.137. The van der Waals surface area contributed by atoms with Gasteiger partial charge >= 0.3 is 0 Å². The second-order valence-corrected chi connectivity index (χ2v) is 23.6. The SMILES string of the molecule is CO[C@@]12CC[C@H](O[Si](C)(C)C(C)(C)C)[C@@H](C#C[C@H](COc3ccccc3)O[Si](C)(C)C(C)(C)C)[C@@H]1CC2=O. The van der Waals surface area contributed by atoms with Gasteiger partial charge in [-0.2, -0.15) is 0 Å². The first-order valence-corrected chi connectivity index (χ1v) is 19.9. The largest absolute Gasteiger partial charge is 0.490 e. The van der Waals surface area contributed by atoms with Crippen molar-refractivity contribution in [2.24, 2.45) is 11.8 Å². The zero-order valence-electron chi connectivity index (χ0n) is 25.6. The predicted octanol–water partition coefficient (Wildman–Crippen LogP) is 7.23. The lowest BCUT2D eigenvalue weighted by Crippen LogP contribution is -2.65. The molecule has 0 saturated heterocycles. The summed E-state index contributed by atoms with van der Waals surface area (Å²) in [5.74, 6) is 8.05. The van der Waals surface area contributed by atoms with Gasteiger partial charge in [-0.25, -0.2) is 0 Å². The number of ether oxygens (including phenoxy) is 2. The van der Waals surface area contributed by atoms with Crippen LogP contribution in [-0.4, -0.2) is 53.9 Å². The second kappa shape index (κ2) is 11.2. The van der Waals surface area contributed by atoms with Crippen LogP contribution in [0.2, 0.25) is 36.3 Å². The minimum absolute atomic E-state index is 0.0201. The summed E-state index contributed by atoms with van der Waals surface area (Å²) in [7, 11) is -2.47. The van der Waals surface area contributed by atoms with Gasteiger partial charge in [0.25, 0.3) is 0 Å². The second-order valence-electron chi connectivity index (χ2n) is 14.1. The lowest BCUT2D eigenvalue weighted by Gasteiger charge is -2.55. The first-order chi connectivity index (χ1) is 17.4. The molecule has 2 aliphatic rings. The maximum Gasteiger partial charge on any atom is 0.193 e. The molecule has 7 heteroatoms. The molecule has 5 atom stereocenters. The van der Waals surface area contributed by atoms with Gasteiger partial charge < -0.3 is 18.3 Å². The average Bonchev–Trinajstić information content (AvgIpc) is 2.80. The molecule has 0 heterocycles. The molecule has 0 unspecified atom stereocenters. The Hall–Kier alpha value is -1.44. The number of hydrogen-bond acceptors (Lipinski definition) is 5. The Kier molecular flexibility index (Phi) is 9.17. The summed E-state index contributed by atoms with van der Waals surface area (Å²) in [6.45, 7) is 22.9. The van der Waals surface area contributed by atoms with Gasteiger partial charge in [0.15, 0.2) is 22.4 Å². The van der Waals surface area contributed by atoms with Crippen molar-refractivity contribution in [2.75, 3.05) is 13.7 Å². The van der Waals surface area contributed by atoms with E-state index in [0.717, 1.165) is 12.2 Å². The van der Waals surface area contributed by atoms with Gasteiger partial charge in [-0.1, -0.05) is 71.6 Å². The van der Waals surface area contributed by atoms with Crippen LogP contribution >= 0.6 is 0 Å². The standard InChI is InChI=1S/C31H50O5Si2/c1-29(2,3)37(8,9)35-24(22-34-23-15-13-12-14-16-23)17-18-25-26-21-28(32)31(26,33-7)20-19-27(25)36-38(10,11)30(4,5)6/h12-16,24-27H,19-22H2,1-11H3/t24-,25+,26+,27+,31+/m1/s1. The summed E-state index contributed by atoms with van der Waals surface area (Å²) in [6.07, 6.45) is 1.58. The van der Waals surface area contributed by atoms with Crippen LogP contribution in [0.4, 0.5) is 0 Å². The molecule has 1 aromatic rings. The van der Waals surface area contributed by atoms with Crippen molar-refractivity contribution in [3.63, 3.8) is 0 Å². The normalized spacial score (nSPS) is 27.0. The Morgan fingerprint density at radius 3 is 2.13 bits per heavy atom. The first-order valence-electron chi connectivity index (χ1n) is 14.1. The number of ketones is 1. The van der Waals surface area contributed by atoms with Gasteiger partial charge in [0.05, 0.1) is 12.0 Å². The zero-order chi connectivity index (χ0) is 28.6. The molecule has 38 heavy (non-hydrogen) atoms. The number of rotatable bonds is 8. The number of fused-ring (bicyclic) bond motifs is 1. The topological polar surface area (TPSA) is 54.0 Å². The molecule has 0 amide bonds. The molecular formula is C31H50O5Si2. The third kappa shape index (κ3) is 6.47. The zero-order valence-corrected chi connectivity index (χ0v) is 27.6.